The van der Waals surface area contributed by atoms with Gasteiger partial charge in [-0.1, -0.05) is 27.7 Å². The second-order valence-corrected chi connectivity index (χ2v) is 12.9. The zero-order chi connectivity index (χ0) is 30.6. The van der Waals surface area contributed by atoms with Crippen molar-refractivity contribution in [3.05, 3.63) is 12.2 Å². The number of likely N-dealkylation sites (N-methyl/N-ethyl adjacent to an activating group) is 1. The number of aliphatic hydroxyl groups excluding tert-OH is 2. The third-order valence-electron chi connectivity index (χ3n) is 9.29. The lowest BCUT2D eigenvalue weighted by atomic mass is 9.79. The molecule has 0 aromatic carbocycles. The highest BCUT2D eigenvalue weighted by atomic mass is 16.7. The zero-order valence-corrected chi connectivity index (χ0v) is 25.9. The highest BCUT2D eigenvalue weighted by molar-refractivity contribution is 5.91. The lowest BCUT2D eigenvalue weighted by molar-refractivity contribution is -0.283. The van der Waals surface area contributed by atoms with Crippen molar-refractivity contribution in [3.63, 3.8) is 0 Å². The molecule has 3 heterocycles. The molecule has 2 N–H and O–H groups in total. The fourth-order valence-corrected chi connectivity index (χ4v) is 6.50. The molecule has 10 nitrogen and oxygen atoms in total. The van der Waals surface area contributed by atoms with E-state index >= 15 is 0 Å². The van der Waals surface area contributed by atoms with Crippen LogP contribution in [0.3, 0.4) is 0 Å². The van der Waals surface area contributed by atoms with Gasteiger partial charge in [-0.15, -0.1) is 0 Å². The topological polar surface area (TPSA) is 135 Å². The van der Waals surface area contributed by atoms with E-state index in [1.165, 1.54) is 0 Å². The van der Waals surface area contributed by atoms with E-state index in [1.54, 1.807) is 19.1 Å². The van der Waals surface area contributed by atoms with Gasteiger partial charge in [0.25, 0.3) is 0 Å². The lowest BCUT2D eigenvalue weighted by Gasteiger charge is -2.44. The number of rotatable bonds is 6. The Labute approximate surface area is 244 Å². The fraction of sp³-hybridized carbons (Fsp3) is 0.839. The van der Waals surface area contributed by atoms with E-state index < -0.39 is 60.0 Å². The normalized spacial score (nSPS) is 44.8. The number of aliphatic hydroxyl groups is 2. The number of aldehydes is 1. The molecular formula is C31H51NO9. The van der Waals surface area contributed by atoms with Crippen LogP contribution in [0.5, 0.6) is 0 Å². The van der Waals surface area contributed by atoms with Crippen molar-refractivity contribution in [2.24, 2.45) is 23.7 Å². The first-order chi connectivity index (χ1) is 19.2. The second kappa shape index (κ2) is 14.2. The van der Waals surface area contributed by atoms with Crippen molar-refractivity contribution in [1.82, 2.24) is 4.90 Å². The SMILES string of the molecule is CCC1OC(=O)CC(O)C(C)C(OC2OC(C)CC(N(C)C)C2O)C(CC=O)CC(C)C(=O)C=C[C@]2(C)OC2C1C. The van der Waals surface area contributed by atoms with Crippen LogP contribution in [0.1, 0.15) is 73.6 Å². The van der Waals surface area contributed by atoms with Crippen LogP contribution in [-0.2, 0) is 33.3 Å². The Morgan fingerprint density at radius 1 is 1.12 bits per heavy atom. The highest BCUT2D eigenvalue weighted by Crippen LogP contribution is 2.45. The summed E-state index contributed by atoms with van der Waals surface area (Å²) >= 11 is 0. The molecule has 13 atom stereocenters. The minimum atomic E-state index is -1.15. The largest absolute Gasteiger partial charge is 0.462 e. The number of hydrogen-bond donors (Lipinski definition) is 2. The minimum absolute atomic E-state index is 0.0707. The van der Waals surface area contributed by atoms with Crippen molar-refractivity contribution in [3.8, 4) is 0 Å². The standard InChI is InChI=1S/C31H51NO9/c1-9-25-20(5)29-31(6,41-29)12-10-23(34)17(2)14-21(11-13-33)28(19(4)24(35)16-26(36)39-25)40-30-27(37)22(32(7)8)15-18(3)38-30/h10,12-13,17-22,24-25,27-30,35,37H,9,11,14-16H2,1-8H3/t17?,18?,19?,20?,21?,22?,24?,25?,27?,28?,29?,30?,31-/m0/s1. The molecule has 3 aliphatic heterocycles. The molecular weight excluding hydrogens is 530 g/mol. The molecule has 12 unspecified atom stereocenters. The number of carbonyl (C=O) groups excluding carboxylic acids is 3. The van der Waals surface area contributed by atoms with Crippen LogP contribution in [0, 0.1) is 23.7 Å². The number of carbonyl (C=O) groups is 3. The summed E-state index contributed by atoms with van der Waals surface area (Å²) in [5.74, 6) is -2.32. The molecule has 0 bridgehead atoms. The number of ketones is 1. The van der Waals surface area contributed by atoms with Gasteiger partial charge in [-0.2, -0.15) is 0 Å². The summed E-state index contributed by atoms with van der Waals surface area (Å²) in [5, 5.41) is 22.4. The Kier molecular flexibility index (Phi) is 11.7. The molecule has 0 aromatic heterocycles. The Balaban J connectivity index is 1.95. The Bertz CT molecular complexity index is 941. The molecule has 2 fully saturated rings. The molecule has 3 rings (SSSR count). The lowest BCUT2D eigenvalue weighted by Crippen LogP contribution is -2.56. The van der Waals surface area contributed by atoms with Gasteiger partial charge in [0.15, 0.2) is 12.1 Å². The van der Waals surface area contributed by atoms with Gasteiger partial charge in [-0.3, -0.25) is 9.59 Å². The van der Waals surface area contributed by atoms with Gasteiger partial charge < -0.3 is 38.9 Å². The van der Waals surface area contributed by atoms with E-state index in [0.29, 0.717) is 19.3 Å². The van der Waals surface area contributed by atoms with E-state index in [2.05, 4.69) is 0 Å². The van der Waals surface area contributed by atoms with Crippen LogP contribution >= 0.6 is 0 Å². The molecule has 0 amide bonds. The fourth-order valence-electron chi connectivity index (χ4n) is 6.50. The Hall–Kier alpha value is -1.69. The number of hydrogen-bond acceptors (Lipinski definition) is 10. The second-order valence-electron chi connectivity index (χ2n) is 12.9. The van der Waals surface area contributed by atoms with Crippen molar-refractivity contribution in [2.45, 2.75) is 128 Å². The van der Waals surface area contributed by atoms with Crippen molar-refractivity contribution in [1.29, 1.82) is 0 Å². The first-order valence-corrected chi connectivity index (χ1v) is 15.1. The van der Waals surface area contributed by atoms with Crippen molar-refractivity contribution in [2.75, 3.05) is 14.1 Å². The van der Waals surface area contributed by atoms with Gasteiger partial charge in [0.2, 0.25) is 0 Å². The molecule has 41 heavy (non-hydrogen) atoms. The van der Waals surface area contributed by atoms with Crippen LogP contribution in [0.2, 0.25) is 0 Å². The van der Waals surface area contributed by atoms with Gasteiger partial charge >= 0.3 is 5.97 Å². The Morgan fingerprint density at radius 2 is 1.80 bits per heavy atom. The number of fused-ring (bicyclic) bond motifs is 1. The van der Waals surface area contributed by atoms with Crippen LogP contribution in [0.25, 0.3) is 0 Å². The number of allylic oxidation sites excluding steroid dienone is 1. The maximum atomic E-state index is 13.2. The summed E-state index contributed by atoms with van der Waals surface area (Å²) in [4.78, 5) is 40.0. The summed E-state index contributed by atoms with van der Waals surface area (Å²) in [5.41, 5.74) is -0.637. The third-order valence-corrected chi connectivity index (χ3v) is 9.29. The average Bonchev–Trinajstić information content (AvgIpc) is 3.60. The van der Waals surface area contributed by atoms with Gasteiger partial charge in [-0.05, 0) is 65.3 Å². The van der Waals surface area contributed by atoms with Gasteiger partial charge in [0, 0.05) is 30.2 Å². The summed E-state index contributed by atoms with van der Waals surface area (Å²) in [6.45, 7) is 11.3. The van der Waals surface area contributed by atoms with Crippen molar-refractivity contribution < 1.29 is 43.5 Å². The van der Waals surface area contributed by atoms with Crippen LogP contribution < -0.4 is 0 Å². The molecule has 10 heteroatoms. The van der Waals surface area contributed by atoms with Gasteiger partial charge in [0.1, 0.15) is 24.1 Å². The number of epoxide rings is 1. The first kappa shape index (κ1) is 33.8. The number of cyclic esters (lactones) is 1. The quantitative estimate of drug-likeness (QED) is 0.274. The molecule has 0 radical (unpaired) electrons. The molecule has 234 valence electrons. The minimum Gasteiger partial charge on any atom is -0.462 e. The van der Waals surface area contributed by atoms with Crippen molar-refractivity contribution >= 4 is 18.0 Å². The molecule has 3 aliphatic rings. The smallest absolute Gasteiger partial charge is 0.308 e. The van der Waals surface area contributed by atoms with Crippen LogP contribution in [0.4, 0.5) is 0 Å². The van der Waals surface area contributed by atoms with Crippen LogP contribution in [-0.4, -0.2) is 102 Å². The molecule has 2 saturated heterocycles. The zero-order valence-electron chi connectivity index (χ0n) is 25.9. The highest BCUT2D eigenvalue weighted by Gasteiger charge is 2.55. The average molecular weight is 582 g/mol. The molecule has 0 aromatic rings. The maximum absolute atomic E-state index is 13.2. The number of nitrogens with zero attached hydrogens (tertiary/aromatic N) is 1. The summed E-state index contributed by atoms with van der Waals surface area (Å²) in [6.07, 6.45) is 0.627. The van der Waals surface area contributed by atoms with E-state index in [9.17, 15) is 24.6 Å². The first-order valence-electron chi connectivity index (χ1n) is 15.1. The third kappa shape index (κ3) is 8.24. The maximum Gasteiger partial charge on any atom is 0.308 e. The molecule has 0 aliphatic carbocycles. The molecule has 0 spiro atoms. The van der Waals surface area contributed by atoms with Gasteiger partial charge in [0.05, 0.1) is 30.8 Å². The van der Waals surface area contributed by atoms with E-state index in [0.717, 1.165) is 6.29 Å². The van der Waals surface area contributed by atoms with Crippen LogP contribution in [0.15, 0.2) is 12.2 Å². The summed E-state index contributed by atoms with van der Waals surface area (Å²) in [7, 11) is 3.76. The summed E-state index contributed by atoms with van der Waals surface area (Å²) < 4.78 is 24.2. The van der Waals surface area contributed by atoms with Gasteiger partial charge in [-0.25, -0.2) is 0 Å². The Morgan fingerprint density at radius 3 is 2.41 bits per heavy atom. The number of ether oxygens (including phenoxy) is 4. The summed E-state index contributed by atoms with van der Waals surface area (Å²) in [6, 6.07) is -0.219. The molecule has 0 saturated carbocycles. The predicted molar refractivity (Wildman–Crippen MR) is 152 cm³/mol. The van der Waals surface area contributed by atoms with E-state index in [-0.39, 0.29) is 42.8 Å². The predicted octanol–water partition coefficient (Wildman–Crippen LogP) is 2.67. The van der Waals surface area contributed by atoms with E-state index in [4.69, 9.17) is 18.9 Å². The van der Waals surface area contributed by atoms with E-state index in [1.807, 2.05) is 53.6 Å². The monoisotopic (exact) mass is 581 g/mol. The number of esters is 1.